The van der Waals surface area contributed by atoms with Crippen LogP contribution in [0.4, 0.5) is 4.39 Å². The number of nitrogens with one attached hydrogen (secondary N) is 1. The lowest BCUT2D eigenvalue weighted by atomic mass is 10.1. The van der Waals surface area contributed by atoms with Crippen LogP contribution in [0.3, 0.4) is 0 Å². The van der Waals surface area contributed by atoms with E-state index < -0.39 is 9.84 Å². The average Bonchev–Trinajstić information content (AvgIpc) is 3.26. The third-order valence-corrected chi connectivity index (χ3v) is 6.89. The summed E-state index contributed by atoms with van der Waals surface area (Å²) >= 11 is 0. The SMILES string of the molecule is C=C(Cn1nc(-c2ccncc2)cc1Cc1ccc(F)cc1)NC1CCS(=O)(=O)C1. The molecule has 1 atom stereocenters. The van der Waals surface area contributed by atoms with Crippen LogP contribution in [0.5, 0.6) is 0 Å². The van der Waals surface area contributed by atoms with Crippen molar-refractivity contribution in [2.75, 3.05) is 11.5 Å². The van der Waals surface area contributed by atoms with E-state index in [1.165, 1.54) is 12.1 Å². The van der Waals surface area contributed by atoms with Gasteiger partial charge in [-0.15, -0.1) is 0 Å². The molecule has 156 valence electrons. The Morgan fingerprint density at radius 3 is 2.60 bits per heavy atom. The van der Waals surface area contributed by atoms with Crippen molar-refractivity contribution in [2.24, 2.45) is 0 Å². The van der Waals surface area contributed by atoms with Gasteiger partial charge in [0.1, 0.15) is 5.82 Å². The molecule has 0 spiro atoms. The summed E-state index contributed by atoms with van der Waals surface area (Å²) in [6, 6.07) is 12.1. The van der Waals surface area contributed by atoms with E-state index >= 15 is 0 Å². The Bertz CT molecular complexity index is 1140. The van der Waals surface area contributed by atoms with E-state index in [-0.39, 0.29) is 23.4 Å². The van der Waals surface area contributed by atoms with Crippen molar-refractivity contribution in [2.45, 2.75) is 25.4 Å². The predicted octanol–water partition coefficient (Wildman–Crippen LogP) is 2.97. The maximum Gasteiger partial charge on any atom is 0.152 e. The van der Waals surface area contributed by atoms with Crippen LogP contribution in [0.1, 0.15) is 17.7 Å². The van der Waals surface area contributed by atoms with Gasteiger partial charge in [-0.3, -0.25) is 9.67 Å². The Labute approximate surface area is 175 Å². The monoisotopic (exact) mass is 426 g/mol. The van der Waals surface area contributed by atoms with Crippen LogP contribution in [-0.2, 0) is 22.8 Å². The van der Waals surface area contributed by atoms with Crippen LogP contribution in [0.25, 0.3) is 11.3 Å². The third kappa shape index (κ3) is 4.94. The smallest absolute Gasteiger partial charge is 0.152 e. The highest BCUT2D eigenvalue weighted by Crippen LogP contribution is 2.21. The van der Waals surface area contributed by atoms with Gasteiger partial charge in [0.15, 0.2) is 9.84 Å². The molecule has 1 fully saturated rings. The number of nitrogens with zero attached hydrogens (tertiary/aromatic N) is 3. The quantitative estimate of drug-likeness (QED) is 0.629. The number of benzene rings is 1. The number of hydrogen-bond donors (Lipinski definition) is 1. The zero-order valence-corrected chi connectivity index (χ0v) is 17.3. The summed E-state index contributed by atoms with van der Waals surface area (Å²) in [6.07, 6.45) is 4.61. The number of aromatic nitrogens is 3. The van der Waals surface area contributed by atoms with Crippen LogP contribution < -0.4 is 5.32 Å². The lowest BCUT2D eigenvalue weighted by Crippen LogP contribution is -2.31. The molecule has 30 heavy (non-hydrogen) atoms. The molecular weight excluding hydrogens is 403 g/mol. The van der Waals surface area contributed by atoms with Crippen molar-refractivity contribution in [3.8, 4) is 11.3 Å². The standard InChI is InChI=1S/C22H23FN4O2S/c1-16(25-20-8-11-30(28,29)15-20)14-27-21(12-17-2-4-19(23)5-3-17)13-22(26-27)18-6-9-24-10-7-18/h2-7,9-10,13,20,25H,1,8,11-12,14-15H2. The van der Waals surface area contributed by atoms with E-state index in [9.17, 15) is 12.8 Å². The third-order valence-electron chi connectivity index (χ3n) is 5.12. The van der Waals surface area contributed by atoms with Crippen LogP contribution >= 0.6 is 0 Å². The minimum Gasteiger partial charge on any atom is -0.384 e. The van der Waals surface area contributed by atoms with Gasteiger partial charge in [-0.05, 0) is 42.3 Å². The van der Waals surface area contributed by atoms with Gasteiger partial charge in [0.2, 0.25) is 0 Å². The van der Waals surface area contributed by atoms with Crippen molar-refractivity contribution >= 4 is 9.84 Å². The molecule has 1 N–H and O–H groups in total. The van der Waals surface area contributed by atoms with E-state index in [4.69, 9.17) is 5.10 Å². The zero-order chi connectivity index (χ0) is 21.1. The molecule has 4 rings (SSSR count). The molecule has 8 heteroatoms. The normalized spacial score (nSPS) is 17.7. The van der Waals surface area contributed by atoms with Gasteiger partial charge in [-0.25, -0.2) is 12.8 Å². The molecule has 0 saturated carbocycles. The molecule has 2 aromatic heterocycles. The maximum atomic E-state index is 13.3. The van der Waals surface area contributed by atoms with Crippen molar-refractivity contribution in [1.29, 1.82) is 0 Å². The summed E-state index contributed by atoms with van der Waals surface area (Å²) in [4.78, 5) is 4.05. The van der Waals surface area contributed by atoms with Gasteiger partial charge in [0, 0.05) is 41.8 Å². The highest BCUT2D eigenvalue weighted by atomic mass is 32.2. The van der Waals surface area contributed by atoms with Gasteiger partial charge in [-0.1, -0.05) is 18.7 Å². The molecule has 0 aliphatic carbocycles. The van der Waals surface area contributed by atoms with Gasteiger partial charge in [0.05, 0.1) is 23.7 Å². The number of pyridine rings is 1. The molecular formula is C22H23FN4O2S. The Morgan fingerprint density at radius 1 is 1.20 bits per heavy atom. The summed E-state index contributed by atoms with van der Waals surface area (Å²) in [5, 5.41) is 7.97. The highest BCUT2D eigenvalue weighted by Gasteiger charge is 2.28. The molecule has 0 bridgehead atoms. The number of allylic oxidation sites excluding steroid dienone is 1. The fourth-order valence-electron chi connectivity index (χ4n) is 3.63. The van der Waals surface area contributed by atoms with E-state index in [2.05, 4.69) is 16.9 Å². The number of hydrogen-bond acceptors (Lipinski definition) is 5. The topological polar surface area (TPSA) is 76.9 Å². The van der Waals surface area contributed by atoms with Gasteiger partial charge < -0.3 is 5.32 Å². The van der Waals surface area contributed by atoms with Crippen LogP contribution in [-0.4, -0.2) is 40.7 Å². The zero-order valence-electron chi connectivity index (χ0n) is 16.5. The minimum atomic E-state index is -2.96. The van der Waals surface area contributed by atoms with Crippen LogP contribution in [0.2, 0.25) is 0 Å². The van der Waals surface area contributed by atoms with E-state index in [0.29, 0.717) is 25.1 Å². The van der Waals surface area contributed by atoms with Crippen LogP contribution in [0, 0.1) is 5.82 Å². The second kappa shape index (κ2) is 8.39. The molecule has 0 amide bonds. The maximum absolute atomic E-state index is 13.3. The molecule has 1 saturated heterocycles. The van der Waals surface area contributed by atoms with E-state index in [1.807, 2.05) is 22.9 Å². The number of halogens is 1. The molecule has 1 unspecified atom stereocenters. The molecule has 3 heterocycles. The number of rotatable bonds is 7. The lowest BCUT2D eigenvalue weighted by molar-refractivity contribution is 0.555. The Morgan fingerprint density at radius 2 is 1.93 bits per heavy atom. The Hall–Kier alpha value is -3.00. The lowest BCUT2D eigenvalue weighted by Gasteiger charge is -2.16. The summed E-state index contributed by atoms with van der Waals surface area (Å²) in [6.45, 7) is 4.49. The minimum absolute atomic E-state index is 0.113. The van der Waals surface area contributed by atoms with Crippen molar-refractivity contribution < 1.29 is 12.8 Å². The first-order chi connectivity index (χ1) is 14.4. The predicted molar refractivity (Wildman–Crippen MR) is 114 cm³/mol. The first-order valence-corrected chi connectivity index (χ1v) is 11.6. The second-order valence-electron chi connectivity index (χ2n) is 7.57. The fraction of sp³-hybridized carbons (Fsp3) is 0.273. The summed E-state index contributed by atoms with van der Waals surface area (Å²) in [5.41, 5.74) is 4.40. The van der Waals surface area contributed by atoms with Crippen molar-refractivity contribution in [3.05, 3.63) is 84.2 Å². The first kappa shape index (κ1) is 20.3. The first-order valence-electron chi connectivity index (χ1n) is 9.74. The van der Waals surface area contributed by atoms with Gasteiger partial charge >= 0.3 is 0 Å². The molecule has 1 aromatic carbocycles. The molecule has 6 nitrogen and oxygen atoms in total. The molecule has 1 aliphatic rings. The van der Waals surface area contributed by atoms with Crippen molar-refractivity contribution in [1.82, 2.24) is 20.1 Å². The Kier molecular flexibility index (Phi) is 5.67. The van der Waals surface area contributed by atoms with Crippen molar-refractivity contribution in [3.63, 3.8) is 0 Å². The Balaban J connectivity index is 1.56. The summed E-state index contributed by atoms with van der Waals surface area (Å²) < 4.78 is 38.5. The summed E-state index contributed by atoms with van der Waals surface area (Å²) in [5.74, 6) is 0.0752. The average molecular weight is 427 g/mol. The summed E-state index contributed by atoms with van der Waals surface area (Å²) in [7, 11) is -2.96. The van der Waals surface area contributed by atoms with Gasteiger partial charge in [-0.2, -0.15) is 5.10 Å². The molecule has 1 aliphatic heterocycles. The van der Waals surface area contributed by atoms with E-state index in [1.54, 1.807) is 24.5 Å². The van der Waals surface area contributed by atoms with Crippen LogP contribution in [0.15, 0.2) is 67.1 Å². The van der Waals surface area contributed by atoms with E-state index in [0.717, 1.165) is 22.5 Å². The molecule has 3 aromatic rings. The highest BCUT2D eigenvalue weighted by molar-refractivity contribution is 7.91. The molecule has 0 radical (unpaired) electrons. The van der Waals surface area contributed by atoms with Gasteiger partial charge in [0.25, 0.3) is 0 Å². The number of sulfone groups is 1. The fourth-order valence-corrected chi connectivity index (χ4v) is 5.31. The second-order valence-corrected chi connectivity index (χ2v) is 9.79. The largest absolute Gasteiger partial charge is 0.384 e.